The maximum absolute atomic E-state index is 13.3. The molecule has 0 radical (unpaired) electrons. The van der Waals surface area contributed by atoms with E-state index in [4.69, 9.17) is 17.3 Å². The zero-order valence-corrected chi connectivity index (χ0v) is 20.2. The summed E-state index contributed by atoms with van der Waals surface area (Å²) in [5, 5.41) is 3.54. The molecule has 2 unspecified atom stereocenters. The number of nitrogens with zero attached hydrogens (tertiary/aromatic N) is 2. The SMILES string of the molecule is NC(=O)CC12CC3CC(C1)C(NC(=O)CN1CCCN(c4ccccc4Cl)S1(=O)=O)C(C3)C2. The monoisotopic (exact) mass is 494 g/mol. The molecule has 0 spiro atoms. The highest BCUT2D eigenvalue weighted by Gasteiger charge is 2.56. The molecule has 8 nitrogen and oxygen atoms in total. The number of nitrogens with two attached hydrogens (primary N) is 1. The lowest BCUT2D eigenvalue weighted by Gasteiger charge is -2.60. The van der Waals surface area contributed by atoms with Gasteiger partial charge in [0.2, 0.25) is 11.8 Å². The number of nitrogens with one attached hydrogen (secondary N) is 1. The number of benzene rings is 1. The van der Waals surface area contributed by atoms with Crippen LogP contribution in [-0.4, -0.2) is 50.2 Å². The highest BCUT2D eigenvalue weighted by atomic mass is 35.5. The molecule has 0 aromatic heterocycles. The predicted octanol–water partition coefficient (Wildman–Crippen LogP) is 2.28. The third-order valence-corrected chi connectivity index (χ3v) is 10.3. The van der Waals surface area contributed by atoms with Crippen molar-refractivity contribution >= 4 is 39.3 Å². The molecule has 4 bridgehead atoms. The number of hydrogen-bond donors (Lipinski definition) is 2. The van der Waals surface area contributed by atoms with E-state index >= 15 is 0 Å². The summed E-state index contributed by atoms with van der Waals surface area (Å²) in [4.78, 5) is 24.7. The Morgan fingerprint density at radius 2 is 1.82 bits per heavy atom. The van der Waals surface area contributed by atoms with Crippen LogP contribution in [0.25, 0.3) is 0 Å². The fourth-order valence-corrected chi connectivity index (χ4v) is 9.20. The number of amides is 2. The van der Waals surface area contributed by atoms with Gasteiger partial charge in [-0.15, -0.1) is 0 Å². The van der Waals surface area contributed by atoms with E-state index in [1.54, 1.807) is 24.3 Å². The lowest BCUT2D eigenvalue weighted by molar-refractivity contribution is -0.134. The van der Waals surface area contributed by atoms with Crippen LogP contribution in [0.15, 0.2) is 24.3 Å². The van der Waals surface area contributed by atoms with Crippen molar-refractivity contribution < 1.29 is 18.0 Å². The first kappa shape index (κ1) is 22.9. The second-order valence-electron chi connectivity index (χ2n) is 10.4. The van der Waals surface area contributed by atoms with Gasteiger partial charge < -0.3 is 11.1 Å². The first-order chi connectivity index (χ1) is 15.7. The number of halogens is 1. The van der Waals surface area contributed by atoms with Gasteiger partial charge in [-0.3, -0.25) is 13.9 Å². The molecule has 5 aliphatic rings. The summed E-state index contributed by atoms with van der Waals surface area (Å²) in [5.41, 5.74) is 5.97. The molecule has 6 rings (SSSR count). The summed E-state index contributed by atoms with van der Waals surface area (Å²) in [6.07, 6.45) is 6.05. The highest BCUT2D eigenvalue weighted by Crippen LogP contribution is 2.61. The second-order valence-corrected chi connectivity index (χ2v) is 12.7. The second kappa shape index (κ2) is 8.43. The molecule has 180 valence electrons. The standard InChI is InChI=1S/C23H31ClN4O4S/c24-18-4-1-2-5-19(18)28-7-3-6-27(33(28,31)32)14-21(30)26-22-16-8-15-9-17(22)12-23(10-15,11-16)13-20(25)29/h1-2,4-5,15-17,22H,3,6-14H2,(H2,25,29)(H,26,30). The van der Waals surface area contributed by atoms with Crippen LogP contribution in [0.3, 0.4) is 0 Å². The van der Waals surface area contributed by atoms with Gasteiger partial charge in [0.25, 0.3) is 0 Å². The van der Waals surface area contributed by atoms with Gasteiger partial charge in [-0.25, -0.2) is 0 Å². The lowest BCUT2D eigenvalue weighted by Crippen LogP contribution is -2.61. The van der Waals surface area contributed by atoms with E-state index in [0.717, 1.165) is 32.1 Å². The minimum Gasteiger partial charge on any atom is -0.370 e. The summed E-state index contributed by atoms with van der Waals surface area (Å²) in [6, 6.07) is 6.89. The molecule has 4 aliphatic carbocycles. The minimum absolute atomic E-state index is 0.00474. The van der Waals surface area contributed by atoms with Gasteiger partial charge in [0.15, 0.2) is 0 Å². The average molecular weight is 495 g/mol. The molecule has 10 heteroatoms. The van der Waals surface area contributed by atoms with E-state index in [1.807, 2.05) is 0 Å². The van der Waals surface area contributed by atoms with Crippen molar-refractivity contribution in [3.63, 3.8) is 0 Å². The Morgan fingerprint density at radius 1 is 1.12 bits per heavy atom. The number of para-hydroxylation sites is 1. The van der Waals surface area contributed by atoms with Crippen LogP contribution >= 0.6 is 11.6 Å². The number of primary amides is 1. The van der Waals surface area contributed by atoms with Gasteiger partial charge in [0.1, 0.15) is 0 Å². The van der Waals surface area contributed by atoms with Crippen LogP contribution in [0, 0.1) is 23.2 Å². The predicted molar refractivity (Wildman–Crippen MR) is 126 cm³/mol. The normalized spacial score (nSPS) is 34.9. The molecule has 2 atom stereocenters. The number of anilines is 1. The van der Waals surface area contributed by atoms with Crippen molar-refractivity contribution in [2.45, 2.75) is 51.0 Å². The smallest absolute Gasteiger partial charge is 0.304 e. The highest BCUT2D eigenvalue weighted by molar-refractivity contribution is 7.90. The average Bonchev–Trinajstić information content (AvgIpc) is 2.71. The van der Waals surface area contributed by atoms with E-state index in [2.05, 4.69) is 5.32 Å². The Kier molecular flexibility index (Phi) is 5.86. The largest absolute Gasteiger partial charge is 0.370 e. The summed E-state index contributed by atoms with van der Waals surface area (Å²) >= 11 is 6.25. The fourth-order valence-electron chi connectivity index (χ4n) is 7.23. The molecule has 1 saturated heterocycles. The summed E-state index contributed by atoms with van der Waals surface area (Å²) < 4.78 is 29.0. The van der Waals surface area contributed by atoms with Gasteiger partial charge in [0, 0.05) is 25.6 Å². The van der Waals surface area contributed by atoms with Crippen molar-refractivity contribution in [1.82, 2.24) is 9.62 Å². The van der Waals surface area contributed by atoms with E-state index in [0.29, 0.717) is 54.4 Å². The number of carbonyl (C=O) groups is 2. The zero-order chi connectivity index (χ0) is 23.4. The molecular weight excluding hydrogens is 464 g/mol. The van der Waals surface area contributed by atoms with Crippen molar-refractivity contribution in [3.8, 4) is 0 Å². The van der Waals surface area contributed by atoms with Crippen LogP contribution in [0.5, 0.6) is 0 Å². The number of carbonyl (C=O) groups excluding carboxylic acids is 2. The van der Waals surface area contributed by atoms with Crippen LogP contribution in [-0.2, 0) is 19.8 Å². The Bertz CT molecular complexity index is 1050. The third-order valence-electron chi connectivity index (χ3n) is 8.09. The van der Waals surface area contributed by atoms with Crippen molar-refractivity contribution in [3.05, 3.63) is 29.3 Å². The van der Waals surface area contributed by atoms with Crippen LogP contribution in [0.1, 0.15) is 44.9 Å². The first-order valence-corrected chi connectivity index (χ1v) is 13.5. The maximum Gasteiger partial charge on any atom is 0.304 e. The molecule has 33 heavy (non-hydrogen) atoms. The first-order valence-electron chi connectivity index (χ1n) is 11.8. The minimum atomic E-state index is -3.85. The molecular formula is C23H31ClN4O4S. The number of hydrogen-bond acceptors (Lipinski definition) is 4. The van der Waals surface area contributed by atoms with Gasteiger partial charge in [0.05, 0.1) is 17.3 Å². The fraction of sp³-hybridized carbons (Fsp3) is 0.652. The van der Waals surface area contributed by atoms with Crippen LogP contribution in [0.4, 0.5) is 5.69 Å². The quantitative estimate of drug-likeness (QED) is 0.631. The Hall–Kier alpha value is -1.84. The Morgan fingerprint density at radius 3 is 2.48 bits per heavy atom. The molecule has 4 saturated carbocycles. The third kappa shape index (κ3) is 4.23. The molecule has 1 aromatic rings. The van der Waals surface area contributed by atoms with Gasteiger partial charge in [-0.05, 0) is 73.8 Å². The Balaban J connectivity index is 1.26. The van der Waals surface area contributed by atoms with Crippen molar-refractivity contribution in [2.75, 3.05) is 23.9 Å². The summed E-state index contributed by atoms with van der Waals surface area (Å²) in [6.45, 7) is 0.438. The van der Waals surface area contributed by atoms with Crippen LogP contribution in [0.2, 0.25) is 5.02 Å². The van der Waals surface area contributed by atoms with Gasteiger partial charge in [-0.2, -0.15) is 12.7 Å². The molecule has 1 aliphatic heterocycles. The summed E-state index contributed by atoms with van der Waals surface area (Å²) in [7, 11) is -3.85. The van der Waals surface area contributed by atoms with Gasteiger partial charge >= 0.3 is 10.2 Å². The molecule has 1 aromatic carbocycles. The van der Waals surface area contributed by atoms with E-state index in [-0.39, 0.29) is 29.8 Å². The van der Waals surface area contributed by atoms with Crippen molar-refractivity contribution in [2.24, 2.45) is 28.9 Å². The van der Waals surface area contributed by atoms with E-state index in [9.17, 15) is 18.0 Å². The summed E-state index contributed by atoms with van der Waals surface area (Å²) in [5.74, 6) is 0.757. The topological polar surface area (TPSA) is 113 Å². The van der Waals surface area contributed by atoms with E-state index in [1.165, 1.54) is 8.61 Å². The molecule has 2 amide bonds. The molecule has 5 fully saturated rings. The van der Waals surface area contributed by atoms with Crippen molar-refractivity contribution in [1.29, 1.82) is 0 Å². The lowest BCUT2D eigenvalue weighted by atomic mass is 9.47. The number of rotatable bonds is 6. The van der Waals surface area contributed by atoms with Crippen LogP contribution < -0.4 is 15.4 Å². The van der Waals surface area contributed by atoms with E-state index < -0.39 is 10.2 Å². The Labute approximate surface area is 200 Å². The maximum atomic E-state index is 13.3. The molecule has 3 N–H and O–H groups in total. The zero-order valence-electron chi connectivity index (χ0n) is 18.6. The molecule has 1 heterocycles. The van der Waals surface area contributed by atoms with Gasteiger partial charge in [-0.1, -0.05) is 23.7 Å².